The van der Waals surface area contributed by atoms with Crippen LogP contribution in [0.3, 0.4) is 0 Å². The van der Waals surface area contributed by atoms with E-state index in [1.54, 1.807) is 13.0 Å². The Bertz CT molecular complexity index is 1450. The first kappa shape index (κ1) is 22.4. The number of hydrogen-bond donors (Lipinski definition) is 1. The summed E-state index contributed by atoms with van der Waals surface area (Å²) >= 11 is 1.23. The number of aromatic nitrogens is 1. The Morgan fingerprint density at radius 2 is 2.12 bits per heavy atom. The highest BCUT2D eigenvalue weighted by Crippen LogP contribution is 2.46. The van der Waals surface area contributed by atoms with E-state index in [0.29, 0.717) is 11.3 Å². The molecule has 5 rings (SSSR count). The van der Waals surface area contributed by atoms with Gasteiger partial charge in [0.05, 0.1) is 34.8 Å². The fourth-order valence-corrected chi connectivity index (χ4v) is 5.91. The number of carbonyl (C=O) groups excluding carboxylic acids is 1. The summed E-state index contributed by atoms with van der Waals surface area (Å²) in [4.78, 5) is 29.6. The third-order valence-electron chi connectivity index (χ3n) is 6.34. The zero-order chi connectivity index (χ0) is 24.1. The van der Waals surface area contributed by atoms with Crippen molar-refractivity contribution < 1.29 is 18.3 Å². The van der Waals surface area contributed by atoms with Gasteiger partial charge in [-0.3, -0.25) is 4.79 Å². The SMILES string of the molecule is CCOC(=O)c1cn(C2CC2)c2c(F)c(-c3cc4c(s3)CCCC4N=[N+]=[N-])c(F)c(N)c2c1=O. The van der Waals surface area contributed by atoms with E-state index in [2.05, 4.69) is 10.0 Å². The van der Waals surface area contributed by atoms with Crippen molar-refractivity contribution in [3.63, 3.8) is 0 Å². The Hall–Kier alpha value is -3.43. The number of nitrogens with two attached hydrogens (primary N) is 1. The fraction of sp³-hybridized carbons (Fsp3) is 0.391. The molecule has 1 saturated carbocycles. The van der Waals surface area contributed by atoms with Gasteiger partial charge < -0.3 is 15.0 Å². The van der Waals surface area contributed by atoms with E-state index in [4.69, 9.17) is 16.0 Å². The van der Waals surface area contributed by atoms with Crippen molar-refractivity contribution in [2.24, 2.45) is 5.11 Å². The molecule has 2 heterocycles. The number of rotatable bonds is 5. The summed E-state index contributed by atoms with van der Waals surface area (Å²) in [5.41, 5.74) is 13.6. The lowest BCUT2D eigenvalue weighted by atomic mass is 9.94. The topological polar surface area (TPSA) is 123 Å². The van der Waals surface area contributed by atoms with E-state index in [-0.39, 0.29) is 40.7 Å². The van der Waals surface area contributed by atoms with Crippen LogP contribution >= 0.6 is 11.3 Å². The molecular weight excluding hydrogens is 464 g/mol. The molecule has 2 aliphatic rings. The molecule has 176 valence electrons. The van der Waals surface area contributed by atoms with Crippen molar-refractivity contribution >= 4 is 33.9 Å². The number of aryl methyl sites for hydroxylation is 1. The van der Waals surface area contributed by atoms with Crippen molar-refractivity contribution in [3.8, 4) is 10.4 Å². The molecule has 34 heavy (non-hydrogen) atoms. The third kappa shape index (κ3) is 3.43. The largest absolute Gasteiger partial charge is 0.462 e. The highest BCUT2D eigenvalue weighted by molar-refractivity contribution is 7.15. The van der Waals surface area contributed by atoms with Gasteiger partial charge in [-0.1, -0.05) is 5.11 Å². The molecule has 0 spiro atoms. The lowest BCUT2D eigenvalue weighted by molar-refractivity contribution is 0.0524. The first-order chi connectivity index (χ1) is 16.4. The van der Waals surface area contributed by atoms with Gasteiger partial charge in [-0.25, -0.2) is 13.6 Å². The first-order valence-corrected chi connectivity index (χ1v) is 11.9. The maximum atomic E-state index is 16.1. The second kappa shape index (κ2) is 8.41. The Morgan fingerprint density at radius 1 is 1.35 bits per heavy atom. The van der Waals surface area contributed by atoms with E-state index in [1.165, 1.54) is 22.1 Å². The third-order valence-corrected chi connectivity index (χ3v) is 7.57. The molecule has 0 bridgehead atoms. The van der Waals surface area contributed by atoms with E-state index < -0.39 is 28.7 Å². The lowest BCUT2D eigenvalue weighted by Gasteiger charge is -2.17. The minimum absolute atomic E-state index is 0.0523. The molecule has 11 heteroatoms. The zero-order valence-electron chi connectivity index (χ0n) is 18.3. The van der Waals surface area contributed by atoms with Crippen LogP contribution in [0.1, 0.15) is 65.5 Å². The van der Waals surface area contributed by atoms with Gasteiger partial charge in [-0.2, -0.15) is 0 Å². The molecule has 1 atom stereocenters. The molecule has 2 N–H and O–H groups in total. The Balaban J connectivity index is 1.79. The van der Waals surface area contributed by atoms with Crippen LogP contribution in [0.25, 0.3) is 31.8 Å². The number of hydrogen-bond acceptors (Lipinski definition) is 6. The number of halogens is 2. The summed E-state index contributed by atoms with van der Waals surface area (Å²) in [6.45, 7) is 1.65. The molecule has 1 aromatic carbocycles. The number of benzene rings is 1. The minimum atomic E-state index is -1.05. The quantitative estimate of drug-likeness (QED) is 0.161. The van der Waals surface area contributed by atoms with Crippen LogP contribution in [-0.4, -0.2) is 17.1 Å². The van der Waals surface area contributed by atoms with Gasteiger partial charge in [0.25, 0.3) is 0 Å². The summed E-state index contributed by atoms with van der Waals surface area (Å²) in [6.07, 6.45) is 4.94. The van der Waals surface area contributed by atoms with Crippen molar-refractivity contribution in [1.82, 2.24) is 4.57 Å². The van der Waals surface area contributed by atoms with Gasteiger partial charge in [0.2, 0.25) is 5.43 Å². The molecule has 0 aliphatic heterocycles. The van der Waals surface area contributed by atoms with Gasteiger partial charge in [0.1, 0.15) is 5.56 Å². The summed E-state index contributed by atoms with van der Waals surface area (Å²) in [7, 11) is 0. The predicted octanol–water partition coefficient (Wildman–Crippen LogP) is 5.79. The van der Waals surface area contributed by atoms with Gasteiger partial charge in [-0.15, -0.1) is 11.3 Å². The molecule has 8 nitrogen and oxygen atoms in total. The molecule has 0 radical (unpaired) electrons. The predicted molar refractivity (Wildman–Crippen MR) is 125 cm³/mol. The van der Waals surface area contributed by atoms with Crippen molar-refractivity contribution in [1.29, 1.82) is 0 Å². The monoisotopic (exact) mass is 485 g/mol. The van der Waals surface area contributed by atoms with Gasteiger partial charge >= 0.3 is 5.97 Å². The number of pyridine rings is 1. The van der Waals surface area contributed by atoms with Crippen molar-refractivity contribution in [2.45, 2.75) is 51.1 Å². The van der Waals surface area contributed by atoms with E-state index in [1.807, 2.05) is 0 Å². The van der Waals surface area contributed by atoms with Gasteiger partial charge in [0, 0.05) is 26.9 Å². The van der Waals surface area contributed by atoms with E-state index in [0.717, 1.165) is 36.1 Å². The number of ether oxygens (including phenoxy) is 1. The zero-order valence-corrected chi connectivity index (χ0v) is 19.1. The molecule has 0 saturated heterocycles. The molecule has 2 aliphatic carbocycles. The standard InChI is InChI=1S/C23H21F2N5O3S/c1-2-33-23(32)12-9-30(10-6-7-10)21-17(22(12)31)20(26)18(24)16(19(21)25)15-8-11-13(28-29-27)4-3-5-14(11)34-15/h8-10,13H,2-7,26H2,1H3. The van der Waals surface area contributed by atoms with Crippen LogP contribution in [0.4, 0.5) is 14.5 Å². The first-order valence-electron chi connectivity index (χ1n) is 11.1. The molecular formula is C23H21F2N5O3S. The van der Waals surface area contributed by atoms with Crippen LogP contribution in [0.2, 0.25) is 0 Å². The normalized spacial score (nSPS) is 17.3. The van der Waals surface area contributed by atoms with E-state index in [9.17, 15) is 9.59 Å². The number of nitrogen functional groups attached to an aromatic ring is 1. The van der Waals surface area contributed by atoms with Crippen LogP contribution in [0.5, 0.6) is 0 Å². The summed E-state index contributed by atoms with van der Waals surface area (Å²) < 4.78 is 38.1. The van der Waals surface area contributed by atoms with Crippen LogP contribution in [-0.2, 0) is 11.2 Å². The summed E-state index contributed by atoms with van der Waals surface area (Å²) in [6, 6.07) is 1.13. The smallest absolute Gasteiger partial charge is 0.343 e. The second-order valence-electron chi connectivity index (χ2n) is 8.47. The number of nitrogens with zero attached hydrogens (tertiary/aromatic N) is 4. The maximum Gasteiger partial charge on any atom is 0.343 e. The Labute approximate surface area is 196 Å². The van der Waals surface area contributed by atoms with Crippen LogP contribution in [0.15, 0.2) is 22.2 Å². The number of carbonyl (C=O) groups is 1. The molecule has 2 aromatic heterocycles. The molecule has 0 amide bonds. The highest BCUT2D eigenvalue weighted by atomic mass is 32.1. The number of thiophene rings is 1. The fourth-order valence-electron chi connectivity index (χ4n) is 4.61. The molecule has 3 aromatic rings. The summed E-state index contributed by atoms with van der Waals surface area (Å²) in [5, 5.41) is 3.47. The average molecular weight is 486 g/mol. The number of esters is 1. The number of anilines is 1. The second-order valence-corrected chi connectivity index (χ2v) is 9.61. The van der Waals surface area contributed by atoms with Crippen LogP contribution < -0.4 is 11.2 Å². The van der Waals surface area contributed by atoms with E-state index >= 15 is 8.78 Å². The minimum Gasteiger partial charge on any atom is -0.462 e. The van der Waals surface area contributed by atoms with Gasteiger partial charge in [-0.05, 0) is 56.2 Å². The highest BCUT2D eigenvalue weighted by Gasteiger charge is 2.33. The van der Waals surface area contributed by atoms with Crippen molar-refractivity contribution in [3.05, 3.63) is 60.6 Å². The molecule has 1 unspecified atom stereocenters. The maximum absolute atomic E-state index is 16.1. The Kier molecular flexibility index (Phi) is 5.53. The number of fused-ring (bicyclic) bond motifs is 2. The van der Waals surface area contributed by atoms with Crippen LogP contribution in [0, 0.1) is 11.6 Å². The molecule has 1 fully saturated rings. The lowest BCUT2D eigenvalue weighted by Crippen LogP contribution is -2.23. The number of azide groups is 1. The van der Waals surface area contributed by atoms with Crippen molar-refractivity contribution in [2.75, 3.05) is 12.3 Å². The van der Waals surface area contributed by atoms with Gasteiger partial charge in [0.15, 0.2) is 11.6 Å². The Morgan fingerprint density at radius 3 is 2.79 bits per heavy atom. The average Bonchev–Trinajstić information content (AvgIpc) is 3.56. The summed E-state index contributed by atoms with van der Waals surface area (Å²) in [5.74, 6) is -2.81.